The highest BCUT2D eigenvalue weighted by molar-refractivity contribution is 5.85. The molecule has 2 heterocycles. The van der Waals surface area contributed by atoms with Gasteiger partial charge in [0.2, 0.25) is 0 Å². The summed E-state index contributed by atoms with van der Waals surface area (Å²) in [7, 11) is 1.74. The largest absolute Gasteiger partial charge is 0.496 e. The van der Waals surface area contributed by atoms with Gasteiger partial charge in [0.15, 0.2) is 0 Å². The van der Waals surface area contributed by atoms with Gasteiger partial charge in [-0.1, -0.05) is 36.4 Å². The van der Waals surface area contributed by atoms with Gasteiger partial charge in [-0.25, -0.2) is 0 Å². The third kappa shape index (κ3) is 5.51. The molecule has 0 saturated carbocycles. The van der Waals surface area contributed by atoms with Crippen molar-refractivity contribution >= 4 is 12.4 Å². The lowest BCUT2D eigenvalue weighted by atomic mass is 10.0. The van der Waals surface area contributed by atoms with E-state index in [1.54, 1.807) is 13.3 Å². The molecule has 1 unspecified atom stereocenters. The molecule has 1 aromatic heterocycles. The second kappa shape index (κ2) is 11.0. The Morgan fingerprint density at radius 3 is 2.77 bits per heavy atom. The molecule has 1 atom stereocenters. The number of rotatable bonds is 7. The molecule has 4 rings (SSSR count). The van der Waals surface area contributed by atoms with Crippen molar-refractivity contribution in [3.63, 3.8) is 0 Å². The summed E-state index contributed by atoms with van der Waals surface area (Å²) in [4.78, 5) is 6.82. The van der Waals surface area contributed by atoms with Gasteiger partial charge in [-0.15, -0.1) is 12.4 Å². The van der Waals surface area contributed by atoms with Gasteiger partial charge in [0.1, 0.15) is 18.1 Å². The van der Waals surface area contributed by atoms with Gasteiger partial charge in [0, 0.05) is 37.9 Å². The average molecular weight is 426 g/mol. The molecular formula is C24H28ClN3O2. The number of nitrogens with one attached hydrogen (secondary N) is 1. The maximum absolute atomic E-state index is 5.96. The van der Waals surface area contributed by atoms with Gasteiger partial charge < -0.3 is 14.8 Å². The number of benzene rings is 2. The Hall–Kier alpha value is -2.60. The molecule has 158 valence electrons. The average Bonchev–Trinajstić information content (AvgIpc) is 2.79. The molecule has 0 amide bonds. The lowest BCUT2D eigenvalue weighted by Gasteiger charge is -2.37. The highest BCUT2D eigenvalue weighted by Gasteiger charge is 2.26. The first-order valence-corrected chi connectivity index (χ1v) is 10.0. The molecule has 0 radical (unpaired) electrons. The first kappa shape index (κ1) is 22.1. The fourth-order valence-corrected chi connectivity index (χ4v) is 3.79. The van der Waals surface area contributed by atoms with Gasteiger partial charge in [0.25, 0.3) is 0 Å². The van der Waals surface area contributed by atoms with Crippen LogP contribution < -0.4 is 14.8 Å². The van der Waals surface area contributed by atoms with Crippen LogP contribution in [0.4, 0.5) is 0 Å². The van der Waals surface area contributed by atoms with Crippen molar-refractivity contribution < 1.29 is 9.47 Å². The van der Waals surface area contributed by atoms with Gasteiger partial charge in [-0.2, -0.15) is 0 Å². The molecule has 0 aliphatic carbocycles. The zero-order valence-electron chi connectivity index (χ0n) is 17.2. The third-order valence-corrected chi connectivity index (χ3v) is 5.25. The third-order valence-electron chi connectivity index (χ3n) is 5.25. The monoisotopic (exact) mass is 425 g/mol. The van der Waals surface area contributed by atoms with Crippen molar-refractivity contribution in [3.8, 4) is 11.5 Å². The van der Waals surface area contributed by atoms with E-state index < -0.39 is 0 Å². The summed E-state index contributed by atoms with van der Waals surface area (Å²) < 4.78 is 11.6. The number of hydrogen-bond acceptors (Lipinski definition) is 5. The van der Waals surface area contributed by atoms with Crippen LogP contribution in [0.2, 0.25) is 0 Å². The highest BCUT2D eigenvalue weighted by Crippen LogP contribution is 2.31. The Kier molecular flexibility index (Phi) is 8.08. The van der Waals surface area contributed by atoms with Crippen molar-refractivity contribution in [2.45, 2.75) is 19.2 Å². The summed E-state index contributed by atoms with van der Waals surface area (Å²) in [6.07, 6.45) is 1.79. The lowest BCUT2D eigenvalue weighted by molar-refractivity contribution is 0.151. The Labute approximate surface area is 184 Å². The number of nitrogens with zero attached hydrogens (tertiary/aromatic N) is 2. The van der Waals surface area contributed by atoms with E-state index in [1.807, 2.05) is 36.4 Å². The molecule has 30 heavy (non-hydrogen) atoms. The van der Waals surface area contributed by atoms with Crippen LogP contribution in [-0.2, 0) is 13.2 Å². The Morgan fingerprint density at radius 2 is 1.93 bits per heavy atom. The lowest BCUT2D eigenvalue weighted by Crippen LogP contribution is -2.45. The van der Waals surface area contributed by atoms with Crippen LogP contribution in [0.1, 0.15) is 22.9 Å². The molecule has 5 nitrogen and oxygen atoms in total. The van der Waals surface area contributed by atoms with E-state index in [0.717, 1.165) is 43.4 Å². The first-order chi connectivity index (χ1) is 14.3. The minimum Gasteiger partial charge on any atom is -0.496 e. The number of piperazine rings is 1. The number of methoxy groups -OCH3 is 1. The molecule has 0 spiro atoms. The minimum absolute atomic E-state index is 0. The van der Waals surface area contributed by atoms with E-state index in [1.165, 1.54) is 11.1 Å². The van der Waals surface area contributed by atoms with E-state index >= 15 is 0 Å². The predicted molar refractivity (Wildman–Crippen MR) is 121 cm³/mol. The standard InChI is InChI=1S/C24H27N3O2.ClH/c1-28-24-11-3-2-10-22(24)23-16-25-13-14-27(23)17-19-7-6-9-21(15-19)29-18-20-8-4-5-12-26-20;/h2-12,15,23,25H,13-14,16-18H2,1H3;1H. The van der Waals surface area contributed by atoms with E-state index in [4.69, 9.17) is 9.47 Å². The van der Waals surface area contributed by atoms with Crippen molar-refractivity contribution in [1.29, 1.82) is 0 Å². The van der Waals surface area contributed by atoms with Crippen molar-refractivity contribution in [2.75, 3.05) is 26.7 Å². The van der Waals surface area contributed by atoms with Crippen LogP contribution in [0.15, 0.2) is 72.9 Å². The van der Waals surface area contributed by atoms with E-state index in [9.17, 15) is 0 Å². The van der Waals surface area contributed by atoms with Crippen LogP contribution in [0, 0.1) is 0 Å². The molecule has 2 aromatic carbocycles. The normalized spacial score (nSPS) is 16.5. The van der Waals surface area contributed by atoms with Crippen LogP contribution in [0.5, 0.6) is 11.5 Å². The van der Waals surface area contributed by atoms with Crippen molar-refractivity contribution in [3.05, 3.63) is 89.7 Å². The Bertz CT molecular complexity index is 923. The second-order valence-electron chi connectivity index (χ2n) is 7.19. The second-order valence-corrected chi connectivity index (χ2v) is 7.19. The summed E-state index contributed by atoms with van der Waals surface area (Å²) in [6.45, 7) is 4.23. The summed E-state index contributed by atoms with van der Waals surface area (Å²) in [6, 6.07) is 22.8. The van der Waals surface area contributed by atoms with Gasteiger partial charge in [0.05, 0.1) is 18.8 Å². The van der Waals surface area contributed by atoms with E-state index in [0.29, 0.717) is 6.61 Å². The molecule has 1 fully saturated rings. The topological polar surface area (TPSA) is 46.6 Å². The number of para-hydroxylation sites is 1. The fourth-order valence-electron chi connectivity index (χ4n) is 3.79. The maximum Gasteiger partial charge on any atom is 0.130 e. The van der Waals surface area contributed by atoms with Crippen molar-refractivity contribution in [2.24, 2.45) is 0 Å². The van der Waals surface area contributed by atoms with E-state index in [2.05, 4.69) is 45.5 Å². The number of aromatic nitrogens is 1. The number of halogens is 1. The highest BCUT2D eigenvalue weighted by atomic mass is 35.5. The predicted octanol–water partition coefficient (Wildman–Crippen LogP) is 4.24. The Balaban J connectivity index is 0.00000256. The molecule has 1 N–H and O–H groups in total. The number of hydrogen-bond donors (Lipinski definition) is 1. The number of pyridine rings is 1. The summed E-state index contributed by atoms with van der Waals surface area (Å²) in [5, 5.41) is 3.52. The molecule has 1 saturated heterocycles. The molecule has 0 bridgehead atoms. The summed E-state index contributed by atoms with van der Waals surface area (Å²) in [5.74, 6) is 1.82. The van der Waals surface area contributed by atoms with Crippen LogP contribution >= 0.6 is 12.4 Å². The molecule has 1 aliphatic rings. The SMILES string of the molecule is COc1ccccc1C1CNCCN1Cc1cccc(OCc2ccccn2)c1.Cl. The quantitative estimate of drug-likeness (QED) is 0.613. The summed E-state index contributed by atoms with van der Waals surface area (Å²) >= 11 is 0. The Morgan fingerprint density at radius 1 is 1.07 bits per heavy atom. The maximum atomic E-state index is 5.96. The first-order valence-electron chi connectivity index (χ1n) is 10.0. The molecule has 1 aliphatic heterocycles. The van der Waals surface area contributed by atoms with Gasteiger partial charge in [-0.3, -0.25) is 9.88 Å². The fraction of sp³-hybridized carbons (Fsp3) is 0.292. The number of ether oxygens (including phenoxy) is 2. The summed E-state index contributed by atoms with van der Waals surface area (Å²) in [5.41, 5.74) is 3.39. The van der Waals surface area contributed by atoms with Crippen LogP contribution in [-0.4, -0.2) is 36.6 Å². The zero-order valence-corrected chi connectivity index (χ0v) is 18.0. The van der Waals surface area contributed by atoms with Crippen molar-refractivity contribution in [1.82, 2.24) is 15.2 Å². The van der Waals surface area contributed by atoms with E-state index in [-0.39, 0.29) is 18.4 Å². The minimum atomic E-state index is 0. The molecule has 6 heteroatoms. The van der Waals surface area contributed by atoms with Gasteiger partial charge >= 0.3 is 0 Å². The van der Waals surface area contributed by atoms with Crippen LogP contribution in [0.3, 0.4) is 0 Å². The molecule has 3 aromatic rings. The molecular weight excluding hydrogens is 398 g/mol. The smallest absolute Gasteiger partial charge is 0.130 e. The van der Waals surface area contributed by atoms with Crippen LogP contribution in [0.25, 0.3) is 0 Å². The van der Waals surface area contributed by atoms with Gasteiger partial charge in [-0.05, 0) is 35.9 Å². The zero-order chi connectivity index (χ0) is 19.9.